The van der Waals surface area contributed by atoms with Crippen LogP contribution in [0.2, 0.25) is 0 Å². The van der Waals surface area contributed by atoms with Gasteiger partial charge in [0.2, 0.25) is 0 Å². The first-order chi connectivity index (χ1) is 20.3. The third-order valence-electron chi connectivity index (χ3n) is 9.55. The fourth-order valence-corrected chi connectivity index (χ4v) is 7.58. The number of nitrogens with one attached hydrogen (secondary N) is 1. The molecule has 4 rings (SSSR count). The van der Waals surface area contributed by atoms with Crippen molar-refractivity contribution in [2.45, 2.75) is 71.6 Å². The zero-order valence-electron chi connectivity index (χ0n) is 24.9. The lowest BCUT2D eigenvalue weighted by atomic mass is 9.45. The predicted octanol–water partition coefficient (Wildman–Crippen LogP) is 4.07. The number of para-hydroxylation sites is 1. The van der Waals surface area contributed by atoms with Crippen LogP contribution in [0.25, 0.3) is 0 Å². The van der Waals surface area contributed by atoms with E-state index in [9.17, 15) is 29.1 Å². The molecule has 43 heavy (non-hydrogen) atoms. The fraction of sp³-hybridized carbons (Fsp3) is 0.531. The highest BCUT2D eigenvalue weighted by Crippen LogP contribution is 2.63. The summed E-state index contributed by atoms with van der Waals surface area (Å²) in [5, 5.41) is 13.1. The SMILES string of the molecule is C=C1[C@@H](OC(C)=O)C[C@@H]2[C@](C)(COC=O)[C@H](OC(C)=O)CC[C@@]2(C)[C@@H]1C[C@@H](Nc1ccccc1C(=O)O)C1=CCOC1=O. The summed E-state index contributed by atoms with van der Waals surface area (Å²) in [4.78, 5) is 60.5. The van der Waals surface area contributed by atoms with Crippen molar-refractivity contribution >= 4 is 36.0 Å². The molecule has 3 aliphatic rings. The number of aromatic carboxylic acids is 1. The Bertz CT molecular complexity index is 1340. The first-order valence-corrected chi connectivity index (χ1v) is 14.4. The number of cyclic esters (lactones) is 1. The molecular formula is C32H39NO10. The van der Waals surface area contributed by atoms with Gasteiger partial charge in [0.1, 0.15) is 25.4 Å². The highest BCUT2D eigenvalue weighted by atomic mass is 16.6. The molecule has 0 bridgehead atoms. The van der Waals surface area contributed by atoms with E-state index in [2.05, 4.69) is 18.8 Å². The molecule has 1 aromatic carbocycles. The van der Waals surface area contributed by atoms with Gasteiger partial charge in [-0.25, -0.2) is 9.59 Å². The van der Waals surface area contributed by atoms with E-state index < -0.39 is 53.0 Å². The Hall–Kier alpha value is -4.15. The zero-order valence-corrected chi connectivity index (χ0v) is 24.9. The van der Waals surface area contributed by atoms with Gasteiger partial charge < -0.3 is 29.4 Å². The number of carbonyl (C=O) groups excluding carboxylic acids is 4. The van der Waals surface area contributed by atoms with Crippen molar-refractivity contribution in [3.8, 4) is 0 Å². The van der Waals surface area contributed by atoms with Crippen molar-refractivity contribution in [1.29, 1.82) is 0 Å². The monoisotopic (exact) mass is 597 g/mol. The maximum absolute atomic E-state index is 12.9. The summed E-state index contributed by atoms with van der Waals surface area (Å²) < 4.78 is 22.1. The summed E-state index contributed by atoms with van der Waals surface area (Å²) in [6, 6.07) is 5.77. The second kappa shape index (κ2) is 12.6. The van der Waals surface area contributed by atoms with Gasteiger partial charge in [0, 0.05) is 24.9 Å². The smallest absolute Gasteiger partial charge is 0.337 e. The molecule has 0 aromatic heterocycles. The number of anilines is 1. The maximum Gasteiger partial charge on any atom is 0.337 e. The van der Waals surface area contributed by atoms with Gasteiger partial charge in [0.05, 0.1) is 17.2 Å². The molecule has 1 aliphatic heterocycles. The summed E-state index contributed by atoms with van der Waals surface area (Å²) >= 11 is 0. The molecule has 232 valence electrons. The number of hydrogen-bond acceptors (Lipinski definition) is 10. The van der Waals surface area contributed by atoms with Crippen molar-refractivity contribution in [2.75, 3.05) is 18.5 Å². The van der Waals surface area contributed by atoms with Crippen LogP contribution in [0.1, 0.15) is 63.7 Å². The van der Waals surface area contributed by atoms with Crippen molar-refractivity contribution in [3.63, 3.8) is 0 Å². The molecular weight excluding hydrogens is 558 g/mol. The lowest BCUT2D eigenvalue weighted by Crippen LogP contribution is -2.61. The highest BCUT2D eigenvalue weighted by Gasteiger charge is 2.62. The van der Waals surface area contributed by atoms with E-state index in [0.29, 0.717) is 49.0 Å². The molecule has 1 aromatic rings. The van der Waals surface area contributed by atoms with Crippen molar-refractivity contribution in [2.24, 2.45) is 22.7 Å². The number of carboxylic acids is 1. The van der Waals surface area contributed by atoms with E-state index in [1.807, 2.05) is 6.92 Å². The molecule has 0 spiro atoms. The average Bonchev–Trinajstić information content (AvgIpc) is 3.37. The van der Waals surface area contributed by atoms with Crippen LogP contribution in [0.4, 0.5) is 5.69 Å². The minimum atomic E-state index is -1.12. The van der Waals surface area contributed by atoms with Crippen LogP contribution in [0.3, 0.4) is 0 Å². The molecule has 11 heteroatoms. The van der Waals surface area contributed by atoms with Crippen LogP contribution in [0, 0.1) is 22.7 Å². The Balaban J connectivity index is 1.80. The summed E-state index contributed by atoms with van der Waals surface area (Å²) in [6.45, 7) is 11.5. The normalized spacial score (nSPS) is 30.7. The molecule has 1 heterocycles. The number of rotatable bonds is 11. The van der Waals surface area contributed by atoms with Gasteiger partial charge in [0.25, 0.3) is 6.47 Å². The van der Waals surface area contributed by atoms with Gasteiger partial charge in [-0.15, -0.1) is 0 Å². The Morgan fingerprint density at radius 1 is 1.19 bits per heavy atom. The predicted molar refractivity (Wildman–Crippen MR) is 154 cm³/mol. The molecule has 2 aliphatic carbocycles. The van der Waals surface area contributed by atoms with Crippen LogP contribution < -0.4 is 5.32 Å². The first-order valence-electron chi connectivity index (χ1n) is 14.4. The minimum Gasteiger partial charge on any atom is -0.478 e. The number of benzene rings is 1. The highest BCUT2D eigenvalue weighted by molar-refractivity contribution is 5.96. The number of fused-ring (bicyclic) bond motifs is 1. The van der Waals surface area contributed by atoms with E-state index in [0.717, 1.165) is 0 Å². The third-order valence-corrected chi connectivity index (χ3v) is 9.55. The van der Waals surface area contributed by atoms with Crippen molar-refractivity contribution in [1.82, 2.24) is 0 Å². The Morgan fingerprint density at radius 2 is 1.88 bits per heavy atom. The van der Waals surface area contributed by atoms with Crippen LogP contribution in [-0.4, -0.2) is 66.9 Å². The van der Waals surface area contributed by atoms with Gasteiger partial charge in [0.15, 0.2) is 0 Å². The van der Waals surface area contributed by atoms with E-state index in [1.54, 1.807) is 24.3 Å². The second-order valence-corrected chi connectivity index (χ2v) is 12.1. The summed E-state index contributed by atoms with van der Waals surface area (Å²) in [7, 11) is 0. The largest absolute Gasteiger partial charge is 0.478 e. The molecule has 0 saturated heterocycles. The molecule has 2 N–H and O–H groups in total. The Kier molecular flexibility index (Phi) is 9.32. The Morgan fingerprint density at radius 3 is 2.49 bits per heavy atom. The van der Waals surface area contributed by atoms with Gasteiger partial charge in [-0.2, -0.15) is 0 Å². The van der Waals surface area contributed by atoms with Crippen LogP contribution in [-0.2, 0) is 38.1 Å². The number of carboxylic acid groups (broad SMARTS) is 1. The molecule has 2 saturated carbocycles. The Labute approximate surface area is 250 Å². The minimum absolute atomic E-state index is 0.0220. The summed E-state index contributed by atoms with van der Waals surface area (Å²) in [6.07, 6.45) is 2.18. The van der Waals surface area contributed by atoms with Gasteiger partial charge >= 0.3 is 23.9 Å². The second-order valence-electron chi connectivity index (χ2n) is 12.1. The first kappa shape index (κ1) is 31.8. The molecule has 0 radical (unpaired) electrons. The van der Waals surface area contributed by atoms with Crippen LogP contribution in [0.15, 0.2) is 48.1 Å². The van der Waals surface area contributed by atoms with E-state index in [1.165, 1.54) is 19.9 Å². The standard InChI is InChI=1S/C32H39NO10/c1-18-23(14-25(22-11-13-41-30(22)39)33-24-9-7-6-8-21(24)29(37)38)31(4)12-10-28(43-20(3)36)32(5,16-40-17-34)27(31)15-26(18)42-19(2)35/h6-9,11,17,23,25-28,33H,1,10,12-16H2,2-5H3,(H,37,38)/t23-,25-,26+,27+,28-,31+,32+/m1/s1. The number of esters is 3. The van der Waals surface area contributed by atoms with E-state index >= 15 is 0 Å². The quantitative estimate of drug-likeness (QED) is 0.164. The van der Waals surface area contributed by atoms with Crippen LogP contribution in [0.5, 0.6) is 0 Å². The maximum atomic E-state index is 12.9. The summed E-state index contributed by atoms with van der Waals surface area (Å²) in [5.74, 6) is -3.19. The molecule has 11 nitrogen and oxygen atoms in total. The molecule has 2 fully saturated rings. The zero-order chi connectivity index (χ0) is 31.5. The van der Waals surface area contributed by atoms with Crippen molar-refractivity contribution < 1.29 is 48.0 Å². The number of ether oxygens (including phenoxy) is 4. The lowest BCUT2D eigenvalue weighted by molar-refractivity contribution is -0.197. The third kappa shape index (κ3) is 6.30. The average molecular weight is 598 g/mol. The van der Waals surface area contributed by atoms with Gasteiger partial charge in [-0.1, -0.05) is 32.6 Å². The van der Waals surface area contributed by atoms with E-state index in [4.69, 9.17) is 18.9 Å². The van der Waals surface area contributed by atoms with Gasteiger partial charge in [-0.05, 0) is 66.7 Å². The van der Waals surface area contributed by atoms with Crippen LogP contribution >= 0.6 is 0 Å². The molecule has 7 atom stereocenters. The lowest BCUT2D eigenvalue weighted by Gasteiger charge is -2.61. The summed E-state index contributed by atoms with van der Waals surface area (Å²) in [5.41, 5.74) is 0.0571. The topological polar surface area (TPSA) is 155 Å². The number of carbonyl (C=O) groups is 5. The number of hydrogen-bond donors (Lipinski definition) is 2. The van der Waals surface area contributed by atoms with E-state index in [-0.39, 0.29) is 30.6 Å². The van der Waals surface area contributed by atoms with Crippen molar-refractivity contribution in [3.05, 3.63) is 53.6 Å². The molecule has 0 unspecified atom stereocenters. The fourth-order valence-electron chi connectivity index (χ4n) is 7.58. The van der Waals surface area contributed by atoms with Gasteiger partial charge in [-0.3, -0.25) is 14.4 Å². The molecule has 0 amide bonds.